The summed E-state index contributed by atoms with van der Waals surface area (Å²) in [5.74, 6) is 0. The topological polar surface area (TPSA) is 38.0 Å². The summed E-state index contributed by atoms with van der Waals surface area (Å²) < 4.78 is 1.09. The number of nitrogens with two attached hydrogens (primary N) is 1. The Labute approximate surface area is 110 Å². The number of hydrogen-bond donors (Lipinski definition) is 2. The SMILES string of the molecule is Cc1ccc(N)cc1Nc1cccc(C)c1Br. The number of nitrogen functional groups attached to an aromatic ring is 1. The fourth-order valence-corrected chi connectivity index (χ4v) is 2.03. The Bertz CT molecular complexity index is 550. The van der Waals surface area contributed by atoms with Gasteiger partial charge in [-0.25, -0.2) is 0 Å². The number of halogens is 1. The van der Waals surface area contributed by atoms with E-state index in [1.54, 1.807) is 0 Å². The van der Waals surface area contributed by atoms with Gasteiger partial charge in [0.25, 0.3) is 0 Å². The molecule has 0 saturated heterocycles. The lowest BCUT2D eigenvalue weighted by Crippen LogP contribution is -1.96. The first-order chi connectivity index (χ1) is 8.08. The molecule has 0 radical (unpaired) electrons. The summed E-state index contributed by atoms with van der Waals surface area (Å²) in [6.07, 6.45) is 0. The summed E-state index contributed by atoms with van der Waals surface area (Å²) in [6, 6.07) is 12.0. The third kappa shape index (κ3) is 2.61. The van der Waals surface area contributed by atoms with Gasteiger partial charge in [-0.2, -0.15) is 0 Å². The summed E-state index contributed by atoms with van der Waals surface area (Å²) >= 11 is 3.59. The zero-order valence-corrected chi connectivity index (χ0v) is 11.5. The normalized spacial score (nSPS) is 10.3. The highest BCUT2D eigenvalue weighted by atomic mass is 79.9. The summed E-state index contributed by atoms with van der Waals surface area (Å²) in [5.41, 5.74) is 11.0. The quantitative estimate of drug-likeness (QED) is 0.805. The largest absolute Gasteiger partial charge is 0.399 e. The van der Waals surface area contributed by atoms with Crippen LogP contribution >= 0.6 is 15.9 Å². The third-order valence-electron chi connectivity index (χ3n) is 2.72. The number of nitrogens with one attached hydrogen (secondary N) is 1. The van der Waals surface area contributed by atoms with Gasteiger partial charge in [-0.1, -0.05) is 18.2 Å². The lowest BCUT2D eigenvalue weighted by molar-refractivity contribution is 1.39. The fraction of sp³-hybridized carbons (Fsp3) is 0.143. The molecule has 0 atom stereocenters. The van der Waals surface area contributed by atoms with Crippen LogP contribution < -0.4 is 11.1 Å². The average Bonchev–Trinajstić information content (AvgIpc) is 2.30. The van der Waals surface area contributed by atoms with Crippen molar-refractivity contribution in [1.29, 1.82) is 0 Å². The van der Waals surface area contributed by atoms with E-state index >= 15 is 0 Å². The first-order valence-corrected chi connectivity index (χ1v) is 6.25. The first kappa shape index (κ1) is 12.0. The van der Waals surface area contributed by atoms with Gasteiger partial charge in [-0.3, -0.25) is 0 Å². The summed E-state index contributed by atoms with van der Waals surface area (Å²) in [6.45, 7) is 4.13. The van der Waals surface area contributed by atoms with E-state index in [9.17, 15) is 0 Å². The lowest BCUT2D eigenvalue weighted by atomic mass is 10.1. The standard InChI is InChI=1S/C14H15BrN2/c1-9-6-7-11(16)8-13(9)17-12-5-3-4-10(2)14(12)15/h3-8,17H,16H2,1-2H3. The van der Waals surface area contributed by atoms with Crippen LogP contribution in [-0.2, 0) is 0 Å². The Hall–Kier alpha value is -1.48. The summed E-state index contributed by atoms with van der Waals surface area (Å²) in [4.78, 5) is 0. The van der Waals surface area contributed by atoms with Crippen molar-refractivity contribution in [1.82, 2.24) is 0 Å². The van der Waals surface area contributed by atoms with Crippen molar-refractivity contribution in [3.05, 3.63) is 52.0 Å². The van der Waals surface area contributed by atoms with E-state index < -0.39 is 0 Å². The zero-order valence-electron chi connectivity index (χ0n) is 9.92. The molecule has 0 amide bonds. The molecular weight excluding hydrogens is 276 g/mol. The smallest absolute Gasteiger partial charge is 0.0531 e. The summed E-state index contributed by atoms with van der Waals surface area (Å²) in [7, 11) is 0. The van der Waals surface area contributed by atoms with Crippen LogP contribution in [0.5, 0.6) is 0 Å². The molecule has 0 unspecified atom stereocenters. The number of benzene rings is 2. The van der Waals surface area contributed by atoms with E-state index in [0.717, 1.165) is 21.5 Å². The second-order valence-electron chi connectivity index (χ2n) is 4.14. The number of hydrogen-bond acceptors (Lipinski definition) is 2. The molecule has 0 aliphatic carbocycles. The number of anilines is 3. The molecule has 2 rings (SSSR count). The average molecular weight is 291 g/mol. The molecule has 3 heteroatoms. The number of aryl methyl sites for hydroxylation is 2. The molecule has 0 spiro atoms. The fourth-order valence-electron chi connectivity index (χ4n) is 1.66. The van der Waals surface area contributed by atoms with Gasteiger partial charge in [-0.15, -0.1) is 0 Å². The maximum Gasteiger partial charge on any atom is 0.0531 e. The second kappa shape index (κ2) is 4.80. The van der Waals surface area contributed by atoms with Crippen molar-refractivity contribution >= 4 is 33.0 Å². The zero-order chi connectivity index (χ0) is 12.4. The molecule has 0 saturated carbocycles. The van der Waals surface area contributed by atoms with Crippen LogP contribution in [0.4, 0.5) is 17.1 Å². The van der Waals surface area contributed by atoms with Crippen LogP contribution in [0.15, 0.2) is 40.9 Å². The molecule has 17 heavy (non-hydrogen) atoms. The molecule has 0 heterocycles. The Morgan fingerprint density at radius 1 is 1.00 bits per heavy atom. The second-order valence-corrected chi connectivity index (χ2v) is 4.93. The van der Waals surface area contributed by atoms with Gasteiger partial charge in [-0.05, 0) is 59.1 Å². The molecule has 0 aliphatic rings. The van der Waals surface area contributed by atoms with Gasteiger partial charge in [0.15, 0.2) is 0 Å². The molecule has 0 bridgehead atoms. The van der Waals surface area contributed by atoms with Crippen molar-refractivity contribution in [3.8, 4) is 0 Å². The highest BCUT2D eigenvalue weighted by molar-refractivity contribution is 9.10. The Balaban J connectivity index is 2.38. The highest BCUT2D eigenvalue weighted by Gasteiger charge is 2.04. The minimum absolute atomic E-state index is 0.766. The highest BCUT2D eigenvalue weighted by Crippen LogP contribution is 2.30. The Morgan fingerprint density at radius 2 is 1.76 bits per heavy atom. The van der Waals surface area contributed by atoms with Crippen LogP contribution in [0, 0.1) is 13.8 Å². The van der Waals surface area contributed by atoms with E-state index in [2.05, 4.69) is 41.2 Å². The first-order valence-electron chi connectivity index (χ1n) is 5.46. The summed E-state index contributed by atoms with van der Waals surface area (Å²) in [5, 5.41) is 3.40. The van der Waals surface area contributed by atoms with Gasteiger partial charge in [0.05, 0.1) is 5.69 Å². The van der Waals surface area contributed by atoms with Gasteiger partial charge in [0.1, 0.15) is 0 Å². The maximum absolute atomic E-state index is 5.80. The minimum Gasteiger partial charge on any atom is -0.399 e. The Kier molecular flexibility index (Phi) is 3.38. The van der Waals surface area contributed by atoms with E-state index in [1.807, 2.05) is 30.3 Å². The minimum atomic E-state index is 0.766. The van der Waals surface area contributed by atoms with Gasteiger partial charge >= 0.3 is 0 Å². The van der Waals surface area contributed by atoms with Crippen LogP contribution in [0.1, 0.15) is 11.1 Å². The Morgan fingerprint density at radius 3 is 2.53 bits per heavy atom. The van der Waals surface area contributed by atoms with Gasteiger partial charge in [0, 0.05) is 15.8 Å². The molecule has 3 N–H and O–H groups in total. The molecule has 0 aromatic heterocycles. The van der Waals surface area contributed by atoms with Crippen LogP contribution in [0.3, 0.4) is 0 Å². The van der Waals surface area contributed by atoms with Crippen molar-refractivity contribution in [2.24, 2.45) is 0 Å². The maximum atomic E-state index is 5.80. The molecule has 2 aromatic carbocycles. The molecule has 88 valence electrons. The van der Waals surface area contributed by atoms with Crippen molar-refractivity contribution in [3.63, 3.8) is 0 Å². The molecule has 0 aliphatic heterocycles. The van der Waals surface area contributed by atoms with Gasteiger partial charge < -0.3 is 11.1 Å². The third-order valence-corrected chi connectivity index (χ3v) is 3.78. The van der Waals surface area contributed by atoms with E-state index in [-0.39, 0.29) is 0 Å². The molecular formula is C14H15BrN2. The van der Waals surface area contributed by atoms with Crippen molar-refractivity contribution in [2.45, 2.75) is 13.8 Å². The number of rotatable bonds is 2. The van der Waals surface area contributed by atoms with E-state index in [0.29, 0.717) is 0 Å². The van der Waals surface area contributed by atoms with Crippen LogP contribution in [0.25, 0.3) is 0 Å². The molecule has 2 aromatic rings. The van der Waals surface area contributed by atoms with E-state index in [4.69, 9.17) is 5.73 Å². The monoisotopic (exact) mass is 290 g/mol. The van der Waals surface area contributed by atoms with Crippen LogP contribution in [0.2, 0.25) is 0 Å². The predicted molar refractivity (Wildman–Crippen MR) is 77.8 cm³/mol. The lowest BCUT2D eigenvalue weighted by Gasteiger charge is -2.13. The van der Waals surface area contributed by atoms with Crippen molar-refractivity contribution < 1.29 is 0 Å². The predicted octanol–water partition coefficient (Wildman–Crippen LogP) is 4.39. The van der Waals surface area contributed by atoms with Crippen molar-refractivity contribution in [2.75, 3.05) is 11.1 Å². The molecule has 2 nitrogen and oxygen atoms in total. The van der Waals surface area contributed by atoms with Gasteiger partial charge in [0.2, 0.25) is 0 Å². The molecule has 0 fully saturated rings. The van der Waals surface area contributed by atoms with Crippen LogP contribution in [-0.4, -0.2) is 0 Å². The van der Waals surface area contributed by atoms with E-state index in [1.165, 1.54) is 11.1 Å².